The molecule has 1 heterocycles. The van der Waals surface area contributed by atoms with Gasteiger partial charge in [-0.15, -0.1) is 0 Å². The Morgan fingerprint density at radius 1 is 1.32 bits per heavy atom. The van der Waals surface area contributed by atoms with E-state index >= 15 is 0 Å². The molecule has 2 unspecified atom stereocenters. The number of nitrogens with zero attached hydrogens (tertiary/aromatic N) is 1. The molecule has 2 atom stereocenters. The Balaban J connectivity index is 1.69. The average Bonchev–Trinajstić information content (AvgIpc) is 3.11. The van der Waals surface area contributed by atoms with Gasteiger partial charge in [0.15, 0.2) is 0 Å². The molecule has 1 aromatic rings. The summed E-state index contributed by atoms with van der Waals surface area (Å²) in [4.78, 5) is 25.7. The van der Waals surface area contributed by atoms with Gasteiger partial charge in [0.05, 0.1) is 6.10 Å². The zero-order valence-corrected chi connectivity index (χ0v) is 15.4. The SMILES string of the molecule is CC(=O)N(CCC(=O)NC(C)CCC1CCCO1)Cc1ccccc1. The maximum Gasteiger partial charge on any atom is 0.221 e. The van der Waals surface area contributed by atoms with Gasteiger partial charge in [-0.2, -0.15) is 0 Å². The lowest BCUT2D eigenvalue weighted by Crippen LogP contribution is -2.37. The monoisotopic (exact) mass is 346 g/mol. The Labute approximate surface area is 150 Å². The predicted octanol–water partition coefficient (Wildman–Crippen LogP) is 2.89. The van der Waals surface area contributed by atoms with Gasteiger partial charge < -0.3 is 15.0 Å². The summed E-state index contributed by atoms with van der Waals surface area (Å²) in [6.45, 7) is 5.42. The molecular formula is C20H30N2O3. The minimum atomic E-state index is -0.0110. The fraction of sp³-hybridized carbons (Fsp3) is 0.600. The molecule has 2 rings (SSSR count). The van der Waals surface area contributed by atoms with Crippen LogP contribution >= 0.6 is 0 Å². The van der Waals surface area contributed by atoms with Crippen molar-refractivity contribution in [3.8, 4) is 0 Å². The van der Waals surface area contributed by atoms with Crippen LogP contribution < -0.4 is 5.32 Å². The molecule has 0 radical (unpaired) electrons. The fourth-order valence-corrected chi connectivity index (χ4v) is 3.12. The molecule has 0 aromatic heterocycles. The highest BCUT2D eigenvalue weighted by atomic mass is 16.5. The van der Waals surface area contributed by atoms with Crippen molar-refractivity contribution in [3.63, 3.8) is 0 Å². The van der Waals surface area contributed by atoms with Gasteiger partial charge in [0.2, 0.25) is 11.8 Å². The normalized spacial score (nSPS) is 17.9. The summed E-state index contributed by atoms with van der Waals surface area (Å²) in [7, 11) is 0. The van der Waals surface area contributed by atoms with Crippen LogP contribution in [-0.4, -0.2) is 42.0 Å². The Morgan fingerprint density at radius 3 is 2.72 bits per heavy atom. The predicted molar refractivity (Wildman–Crippen MR) is 98.0 cm³/mol. The number of hydrogen-bond acceptors (Lipinski definition) is 3. The third-order valence-corrected chi connectivity index (χ3v) is 4.62. The maximum atomic E-state index is 12.1. The largest absolute Gasteiger partial charge is 0.378 e. The molecule has 0 bridgehead atoms. The van der Waals surface area contributed by atoms with Crippen molar-refractivity contribution < 1.29 is 14.3 Å². The number of hydrogen-bond donors (Lipinski definition) is 1. The highest BCUT2D eigenvalue weighted by Crippen LogP contribution is 2.17. The average molecular weight is 346 g/mol. The number of ether oxygens (including phenoxy) is 1. The second-order valence-corrected chi connectivity index (χ2v) is 6.86. The van der Waals surface area contributed by atoms with Crippen LogP contribution in [0.2, 0.25) is 0 Å². The van der Waals surface area contributed by atoms with Gasteiger partial charge in [-0.3, -0.25) is 9.59 Å². The van der Waals surface area contributed by atoms with Crippen LogP contribution in [0.15, 0.2) is 30.3 Å². The zero-order chi connectivity index (χ0) is 18.1. The Kier molecular flexibility index (Phi) is 7.92. The summed E-state index contributed by atoms with van der Waals surface area (Å²) in [5.74, 6) is -0.0118. The molecule has 1 N–H and O–H groups in total. The van der Waals surface area contributed by atoms with Crippen molar-refractivity contribution in [2.45, 2.75) is 64.6 Å². The zero-order valence-electron chi connectivity index (χ0n) is 15.4. The lowest BCUT2D eigenvalue weighted by atomic mass is 10.1. The molecule has 1 aliphatic heterocycles. The van der Waals surface area contributed by atoms with E-state index in [0.717, 1.165) is 37.9 Å². The number of carbonyl (C=O) groups excluding carboxylic acids is 2. The maximum absolute atomic E-state index is 12.1. The number of amides is 2. The van der Waals surface area contributed by atoms with Crippen molar-refractivity contribution in [3.05, 3.63) is 35.9 Å². The fourth-order valence-electron chi connectivity index (χ4n) is 3.12. The lowest BCUT2D eigenvalue weighted by molar-refractivity contribution is -0.130. The molecule has 1 saturated heterocycles. The van der Waals surface area contributed by atoms with E-state index < -0.39 is 0 Å². The second-order valence-electron chi connectivity index (χ2n) is 6.86. The number of nitrogens with one attached hydrogen (secondary N) is 1. The molecule has 1 aromatic carbocycles. The molecule has 5 nitrogen and oxygen atoms in total. The van der Waals surface area contributed by atoms with Crippen molar-refractivity contribution >= 4 is 11.8 Å². The molecule has 0 spiro atoms. The van der Waals surface area contributed by atoms with E-state index in [4.69, 9.17) is 4.74 Å². The summed E-state index contributed by atoms with van der Waals surface area (Å²) >= 11 is 0. The Bertz CT molecular complexity index is 541. The van der Waals surface area contributed by atoms with E-state index in [9.17, 15) is 9.59 Å². The van der Waals surface area contributed by atoms with Crippen LogP contribution in [0, 0.1) is 0 Å². The quantitative estimate of drug-likeness (QED) is 0.748. The smallest absolute Gasteiger partial charge is 0.221 e. The van der Waals surface area contributed by atoms with Crippen molar-refractivity contribution in [2.75, 3.05) is 13.2 Å². The lowest BCUT2D eigenvalue weighted by Gasteiger charge is -2.22. The summed E-state index contributed by atoms with van der Waals surface area (Å²) < 4.78 is 5.61. The van der Waals surface area contributed by atoms with E-state index in [2.05, 4.69) is 5.32 Å². The van der Waals surface area contributed by atoms with Gasteiger partial charge in [0.1, 0.15) is 0 Å². The number of benzene rings is 1. The Hall–Kier alpha value is -1.88. The van der Waals surface area contributed by atoms with Crippen LogP contribution in [0.4, 0.5) is 0 Å². The third kappa shape index (κ3) is 7.26. The van der Waals surface area contributed by atoms with Gasteiger partial charge in [-0.05, 0) is 38.2 Å². The Morgan fingerprint density at radius 2 is 2.08 bits per heavy atom. The molecule has 138 valence electrons. The molecule has 2 amide bonds. The second kappa shape index (κ2) is 10.2. The minimum Gasteiger partial charge on any atom is -0.378 e. The highest BCUT2D eigenvalue weighted by Gasteiger charge is 2.17. The van der Waals surface area contributed by atoms with Gasteiger partial charge in [-0.25, -0.2) is 0 Å². The van der Waals surface area contributed by atoms with Crippen molar-refractivity contribution in [1.82, 2.24) is 10.2 Å². The summed E-state index contributed by atoms with van der Waals surface area (Å²) in [6, 6.07) is 9.97. The van der Waals surface area contributed by atoms with E-state index in [1.807, 2.05) is 37.3 Å². The molecule has 0 saturated carbocycles. The molecule has 25 heavy (non-hydrogen) atoms. The first-order valence-corrected chi connectivity index (χ1v) is 9.25. The van der Waals surface area contributed by atoms with E-state index in [1.165, 1.54) is 0 Å². The first kappa shape index (κ1) is 19.4. The van der Waals surface area contributed by atoms with Crippen molar-refractivity contribution in [2.24, 2.45) is 0 Å². The molecule has 5 heteroatoms. The number of carbonyl (C=O) groups is 2. The minimum absolute atomic E-state index is 0.000785. The third-order valence-electron chi connectivity index (χ3n) is 4.62. The van der Waals surface area contributed by atoms with Crippen molar-refractivity contribution in [1.29, 1.82) is 0 Å². The molecule has 1 aliphatic rings. The first-order chi connectivity index (χ1) is 12.0. The van der Waals surface area contributed by atoms with Crippen LogP contribution in [0.25, 0.3) is 0 Å². The molecule has 1 fully saturated rings. The highest BCUT2D eigenvalue weighted by molar-refractivity contribution is 5.78. The topological polar surface area (TPSA) is 58.6 Å². The molecular weight excluding hydrogens is 316 g/mol. The van der Waals surface area contributed by atoms with Crippen LogP contribution in [0.1, 0.15) is 51.5 Å². The van der Waals surface area contributed by atoms with Crippen LogP contribution in [-0.2, 0) is 20.9 Å². The van der Waals surface area contributed by atoms with E-state index in [1.54, 1.807) is 11.8 Å². The summed E-state index contributed by atoms with van der Waals surface area (Å²) in [5, 5.41) is 3.03. The standard InChI is InChI=1S/C20H30N2O3/c1-16(10-11-19-9-6-14-25-19)21-20(24)12-13-22(17(2)23)15-18-7-4-3-5-8-18/h3-5,7-8,16,19H,6,9-15H2,1-2H3,(H,21,24). The van der Waals surface area contributed by atoms with E-state index in [-0.39, 0.29) is 17.9 Å². The van der Waals surface area contributed by atoms with Crippen LogP contribution in [0.3, 0.4) is 0 Å². The summed E-state index contributed by atoms with van der Waals surface area (Å²) in [6.07, 6.45) is 4.89. The summed E-state index contributed by atoms with van der Waals surface area (Å²) in [5.41, 5.74) is 1.07. The van der Waals surface area contributed by atoms with Gasteiger partial charge in [-0.1, -0.05) is 30.3 Å². The first-order valence-electron chi connectivity index (χ1n) is 9.25. The van der Waals surface area contributed by atoms with E-state index in [0.29, 0.717) is 25.6 Å². The molecule has 0 aliphatic carbocycles. The van der Waals surface area contributed by atoms with Gasteiger partial charge in [0, 0.05) is 39.1 Å². The van der Waals surface area contributed by atoms with Crippen LogP contribution in [0.5, 0.6) is 0 Å². The van der Waals surface area contributed by atoms with Gasteiger partial charge in [0.25, 0.3) is 0 Å². The number of rotatable bonds is 9. The van der Waals surface area contributed by atoms with Gasteiger partial charge >= 0.3 is 0 Å².